The van der Waals surface area contributed by atoms with Crippen LogP contribution in [0.5, 0.6) is 0 Å². The number of allylic oxidation sites excluding steroid dienone is 2. The van der Waals surface area contributed by atoms with Crippen molar-refractivity contribution in [2.24, 2.45) is 5.73 Å². The van der Waals surface area contributed by atoms with Crippen LogP contribution in [0.25, 0.3) is 5.57 Å². The van der Waals surface area contributed by atoms with Gasteiger partial charge in [0, 0.05) is 5.56 Å². The van der Waals surface area contributed by atoms with E-state index in [4.69, 9.17) is 16.3 Å². The van der Waals surface area contributed by atoms with Gasteiger partial charge in [0.25, 0.3) is 0 Å². The molecule has 1 rings (SSSR count). The van der Waals surface area contributed by atoms with E-state index in [-0.39, 0.29) is 0 Å². The third-order valence-corrected chi connectivity index (χ3v) is 1.91. The van der Waals surface area contributed by atoms with E-state index in [1.807, 2.05) is 6.07 Å². The lowest BCUT2D eigenvalue weighted by Crippen LogP contribution is -2.10. The van der Waals surface area contributed by atoms with Gasteiger partial charge in [0.1, 0.15) is 17.8 Å². The SMILES string of the molecule is N#C/C(N)=C(/C#N)c1ccc[c]c1C(F)(F)F. The predicted octanol–water partition coefficient (Wildman–Crippen LogP) is 2.22. The van der Waals surface area contributed by atoms with Crippen LogP contribution in [0.2, 0.25) is 0 Å². The first kappa shape index (κ1) is 12.6. The predicted molar refractivity (Wildman–Crippen MR) is 52.6 cm³/mol. The molecule has 0 aliphatic rings. The average molecular weight is 236 g/mol. The molecule has 0 unspecified atom stereocenters. The molecule has 0 spiro atoms. The van der Waals surface area contributed by atoms with Crippen molar-refractivity contribution in [1.29, 1.82) is 10.5 Å². The van der Waals surface area contributed by atoms with E-state index in [0.29, 0.717) is 0 Å². The van der Waals surface area contributed by atoms with Crippen LogP contribution in [0, 0.1) is 28.7 Å². The normalized spacial score (nSPS) is 12.3. The summed E-state index contributed by atoms with van der Waals surface area (Å²) in [5.41, 5.74) is 2.57. The van der Waals surface area contributed by atoms with Gasteiger partial charge in [-0.05, 0) is 6.07 Å². The van der Waals surface area contributed by atoms with Gasteiger partial charge in [-0.15, -0.1) is 0 Å². The second-order valence-electron chi connectivity index (χ2n) is 2.97. The molecule has 2 N–H and O–H groups in total. The lowest BCUT2D eigenvalue weighted by molar-refractivity contribution is -0.138. The molecule has 0 fully saturated rings. The Morgan fingerprint density at radius 1 is 1.29 bits per heavy atom. The van der Waals surface area contributed by atoms with Gasteiger partial charge in [0.2, 0.25) is 0 Å². The molecule has 0 aliphatic carbocycles. The van der Waals surface area contributed by atoms with Crippen molar-refractivity contribution in [3.8, 4) is 12.1 Å². The van der Waals surface area contributed by atoms with Crippen LogP contribution in [-0.4, -0.2) is 0 Å². The number of halogens is 3. The number of alkyl halides is 3. The molecule has 0 bridgehead atoms. The second-order valence-corrected chi connectivity index (χ2v) is 2.97. The van der Waals surface area contributed by atoms with E-state index in [2.05, 4.69) is 0 Å². The number of benzene rings is 1. The van der Waals surface area contributed by atoms with Gasteiger partial charge in [-0.3, -0.25) is 0 Å². The van der Waals surface area contributed by atoms with E-state index in [9.17, 15) is 13.2 Å². The first-order chi connectivity index (χ1) is 7.91. The fourth-order valence-corrected chi connectivity index (χ4v) is 1.20. The Labute approximate surface area is 95.2 Å². The summed E-state index contributed by atoms with van der Waals surface area (Å²) in [4.78, 5) is 0. The first-order valence-electron chi connectivity index (χ1n) is 4.30. The molecule has 0 aliphatic heterocycles. The summed E-state index contributed by atoms with van der Waals surface area (Å²) >= 11 is 0. The Morgan fingerprint density at radius 3 is 2.41 bits per heavy atom. The molecule has 0 heterocycles. The zero-order valence-electron chi connectivity index (χ0n) is 8.34. The summed E-state index contributed by atoms with van der Waals surface area (Å²) in [5.74, 6) is 0. The molecular weight excluding hydrogens is 231 g/mol. The highest BCUT2D eigenvalue weighted by atomic mass is 19.4. The van der Waals surface area contributed by atoms with Crippen molar-refractivity contribution < 1.29 is 13.2 Å². The Bertz CT molecular complexity index is 544. The lowest BCUT2D eigenvalue weighted by Gasteiger charge is -2.11. The average Bonchev–Trinajstić information content (AvgIpc) is 2.29. The number of nitrogens with zero attached hydrogens (tertiary/aromatic N) is 2. The van der Waals surface area contributed by atoms with E-state index in [0.717, 1.165) is 12.1 Å². The highest BCUT2D eigenvalue weighted by Gasteiger charge is 2.34. The summed E-state index contributed by atoms with van der Waals surface area (Å²) in [7, 11) is 0. The zero-order valence-corrected chi connectivity index (χ0v) is 8.34. The summed E-state index contributed by atoms with van der Waals surface area (Å²) in [5, 5.41) is 17.3. The maximum absolute atomic E-state index is 12.6. The largest absolute Gasteiger partial charge is 0.417 e. The van der Waals surface area contributed by atoms with Gasteiger partial charge in [-0.25, -0.2) is 0 Å². The van der Waals surface area contributed by atoms with Crippen molar-refractivity contribution >= 4 is 5.57 Å². The smallest absolute Gasteiger partial charge is 0.389 e. The van der Waals surface area contributed by atoms with E-state index in [1.54, 1.807) is 0 Å². The fourth-order valence-electron chi connectivity index (χ4n) is 1.20. The summed E-state index contributed by atoms with van der Waals surface area (Å²) in [6.45, 7) is 0. The second kappa shape index (κ2) is 4.58. The molecule has 3 nitrogen and oxygen atoms in total. The van der Waals surface area contributed by atoms with Crippen LogP contribution in [0.15, 0.2) is 23.9 Å². The molecule has 85 valence electrons. The van der Waals surface area contributed by atoms with Crippen LogP contribution in [0.4, 0.5) is 13.2 Å². The van der Waals surface area contributed by atoms with Gasteiger partial charge in [0.05, 0.1) is 11.1 Å². The Hall–Kier alpha value is -2.47. The highest BCUT2D eigenvalue weighted by molar-refractivity contribution is 5.82. The molecule has 17 heavy (non-hydrogen) atoms. The molecule has 1 aromatic carbocycles. The van der Waals surface area contributed by atoms with Gasteiger partial charge in [-0.2, -0.15) is 23.7 Å². The van der Waals surface area contributed by atoms with Crippen molar-refractivity contribution in [2.75, 3.05) is 0 Å². The number of hydrogen-bond donors (Lipinski definition) is 1. The lowest BCUT2D eigenvalue weighted by atomic mass is 9.99. The summed E-state index contributed by atoms with van der Waals surface area (Å²) in [6.07, 6.45) is -4.66. The van der Waals surface area contributed by atoms with Crippen LogP contribution in [-0.2, 0) is 6.18 Å². The topological polar surface area (TPSA) is 73.6 Å². The minimum Gasteiger partial charge on any atom is -0.389 e. The van der Waals surface area contributed by atoms with Crippen LogP contribution in [0.1, 0.15) is 11.1 Å². The number of rotatable bonds is 1. The van der Waals surface area contributed by atoms with E-state index < -0.39 is 28.6 Å². The molecule has 0 amide bonds. The summed E-state index contributed by atoms with van der Waals surface area (Å²) < 4.78 is 37.9. The van der Waals surface area contributed by atoms with E-state index >= 15 is 0 Å². The standard InChI is InChI=1S/C11H5F3N3/c12-11(13,14)9-4-2-1-3-7(9)8(5-15)10(17)6-16/h1-3H,17H2/b10-8+. The van der Waals surface area contributed by atoms with Gasteiger partial charge >= 0.3 is 6.18 Å². The maximum Gasteiger partial charge on any atom is 0.417 e. The van der Waals surface area contributed by atoms with Gasteiger partial charge < -0.3 is 5.73 Å². The number of nitriles is 2. The van der Waals surface area contributed by atoms with Crippen molar-refractivity contribution in [1.82, 2.24) is 0 Å². The molecule has 1 aromatic rings. The van der Waals surface area contributed by atoms with Crippen LogP contribution in [0.3, 0.4) is 0 Å². The third-order valence-electron chi connectivity index (χ3n) is 1.91. The number of hydrogen-bond acceptors (Lipinski definition) is 3. The Kier molecular flexibility index (Phi) is 3.40. The van der Waals surface area contributed by atoms with Crippen molar-refractivity contribution in [2.45, 2.75) is 6.18 Å². The van der Waals surface area contributed by atoms with Gasteiger partial charge in [-0.1, -0.05) is 18.2 Å². The molecule has 0 saturated carbocycles. The third kappa shape index (κ3) is 2.56. The van der Waals surface area contributed by atoms with Crippen LogP contribution < -0.4 is 5.73 Å². The van der Waals surface area contributed by atoms with Crippen molar-refractivity contribution in [3.63, 3.8) is 0 Å². The minimum atomic E-state index is -4.66. The molecule has 1 radical (unpaired) electrons. The molecular formula is C11H5F3N3. The highest BCUT2D eigenvalue weighted by Crippen LogP contribution is 2.34. The molecule has 6 heteroatoms. The first-order valence-corrected chi connectivity index (χ1v) is 4.30. The monoisotopic (exact) mass is 236 g/mol. The number of nitrogens with two attached hydrogens (primary N) is 1. The van der Waals surface area contributed by atoms with Gasteiger partial charge in [0.15, 0.2) is 0 Å². The van der Waals surface area contributed by atoms with E-state index in [1.165, 1.54) is 18.2 Å². The Balaban J connectivity index is 3.55. The fraction of sp³-hybridized carbons (Fsp3) is 0.0909. The Morgan fingerprint density at radius 2 is 1.94 bits per heavy atom. The molecule has 0 aromatic heterocycles. The van der Waals surface area contributed by atoms with Crippen LogP contribution >= 0.6 is 0 Å². The molecule has 0 saturated heterocycles. The minimum absolute atomic E-state index is 0.443. The van der Waals surface area contributed by atoms with Crippen molar-refractivity contribution in [3.05, 3.63) is 41.1 Å². The maximum atomic E-state index is 12.6. The summed E-state index contributed by atoms with van der Waals surface area (Å²) in [6, 6.07) is 8.36. The molecule has 0 atom stereocenters. The zero-order chi connectivity index (χ0) is 13.1. The quantitative estimate of drug-likeness (QED) is 0.759.